The summed E-state index contributed by atoms with van der Waals surface area (Å²) < 4.78 is 2.20. The van der Waals surface area contributed by atoms with Crippen LogP contribution in [-0.4, -0.2) is 28.9 Å². The van der Waals surface area contributed by atoms with Gasteiger partial charge in [-0.2, -0.15) is 4.57 Å². The highest BCUT2D eigenvalue weighted by molar-refractivity contribution is 7.09. The summed E-state index contributed by atoms with van der Waals surface area (Å²) in [5.41, 5.74) is 7.47. The Morgan fingerprint density at radius 2 is 1.74 bits per heavy atom. The van der Waals surface area contributed by atoms with E-state index in [9.17, 15) is 4.79 Å². The van der Waals surface area contributed by atoms with Crippen LogP contribution in [-0.2, 0) is 17.9 Å². The molecule has 174 valence electrons. The van der Waals surface area contributed by atoms with Crippen LogP contribution in [0.15, 0.2) is 17.6 Å². The van der Waals surface area contributed by atoms with Gasteiger partial charge in [0.1, 0.15) is 6.54 Å². The van der Waals surface area contributed by atoms with Gasteiger partial charge in [0.05, 0.1) is 11.0 Å². The fraction of sp³-hybridized carbons (Fsp3) is 0.600. The quantitative estimate of drug-likeness (QED) is 0.245. The maximum absolute atomic E-state index is 12.3. The lowest BCUT2D eigenvalue weighted by molar-refractivity contribution is -0.694. The largest absolute Gasteiger partial charge is 0.396 e. The number of benzene rings is 1. The molecule has 2 N–H and O–H groups in total. The number of aromatic nitrogens is 1. The lowest BCUT2D eigenvalue weighted by atomic mass is 9.85. The molecule has 0 aliphatic heterocycles. The standard InChI is InChI=1S/C17H26O3.C8H14NOS/c1-11-9-14(10-12(2)13(11)3)15(18)7-8-16(20-19)17(4,5)6;1-3-9-6-11-8(4-5-10)7(9)2/h9-10,16,19H,7-8H2,1-6H3;6,10H,3-5H2,1-2H3/q;+1. The van der Waals surface area contributed by atoms with Crippen LogP contribution in [0.1, 0.15) is 78.2 Å². The van der Waals surface area contributed by atoms with Crippen molar-refractivity contribution in [3.05, 3.63) is 50.5 Å². The van der Waals surface area contributed by atoms with E-state index in [1.807, 2.05) is 46.8 Å². The molecule has 1 unspecified atom stereocenters. The predicted octanol–water partition coefficient (Wildman–Crippen LogP) is 5.38. The van der Waals surface area contributed by atoms with E-state index < -0.39 is 0 Å². The number of carbonyl (C=O) groups is 1. The molecule has 6 heteroatoms. The van der Waals surface area contributed by atoms with E-state index in [0.29, 0.717) is 12.8 Å². The highest BCUT2D eigenvalue weighted by Gasteiger charge is 2.26. The van der Waals surface area contributed by atoms with Crippen LogP contribution in [0.2, 0.25) is 0 Å². The van der Waals surface area contributed by atoms with Gasteiger partial charge in [0.2, 0.25) is 5.51 Å². The minimum Gasteiger partial charge on any atom is -0.396 e. The molecule has 2 rings (SSSR count). The van der Waals surface area contributed by atoms with Crippen LogP contribution in [0, 0.1) is 33.1 Å². The van der Waals surface area contributed by atoms with Gasteiger partial charge >= 0.3 is 0 Å². The lowest BCUT2D eigenvalue weighted by Gasteiger charge is -2.27. The van der Waals surface area contributed by atoms with Crippen LogP contribution in [0.25, 0.3) is 0 Å². The number of aliphatic hydroxyl groups is 1. The van der Waals surface area contributed by atoms with E-state index in [2.05, 4.69) is 35.7 Å². The fourth-order valence-electron chi connectivity index (χ4n) is 3.35. The highest BCUT2D eigenvalue weighted by Crippen LogP contribution is 2.26. The molecule has 1 heterocycles. The maximum Gasteiger partial charge on any atom is 0.225 e. The summed E-state index contributed by atoms with van der Waals surface area (Å²) in [7, 11) is 0. The molecule has 0 saturated heterocycles. The summed E-state index contributed by atoms with van der Waals surface area (Å²) in [5, 5.41) is 17.7. The van der Waals surface area contributed by atoms with Gasteiger partial charge in [0.25, 0.3) is 0 Å². The summed E-state index contributed by atoms with van der Waals surface area (Å²) in [4.78, 5) is 18.1. The number of aryl methyl sites for hydroxylation is 3. The van der Waals surface area contributed by atoms with Gasteiger partial charge in [0, 0.05) is 31.9 Å². The number of carbonyl (C=O) groups excluding carboxylic acids is 1. The molecular weight excluding hydrogens is 410 g/mol. The Morgan fingerprint density at radius 3 is 2.16 bits per heavy atom. The van der Waals surface area contributed by atoms with E-state index in [4.69, 9.17) is 10.4 Å². The molecule has 0 spiro atoms. The molecule has 1 atom stereocenters. The minimum absolute atomic E-state index is 0.0995. The maximum atomic E-state index is 12.3. The molecule has 0 aliphatic carbocycles. The lowest BCUT2D eigenvalue weighted by Crippen LogP contribution is -2.32. The third-order valence-electron chi connectivity index (χ3n) is 5.81. The van der Waals surface area contributed by atoms with E-state index in [1.165, 1.54) is 16.1 Å². The number of aliphatic hydroxyl groups excluding tert-OH is 1. The molecule has 1 aromatic heterocycles. The number of hydrogen-bond donors (Lipinski definition) is 2. The minimum atomic E-state index is -0.334. The number of Topliss-reactive ketones (excluding diaryl/α,β-unsaturated/α-hetero) is 1. The SMILES string of the molecule is CC[n+]1csc(CCO)c1C.Cc1cc(C(=O)CCC(OO)C(C)(C)C)cc(C)c1C. The van der Waals surface area contributed by atoms with Crippen molar-refractivity contribution < 1.29 is 24.6 Å². The fourth-order valence-corrected chi connectivity index (χ4v) is 4.41. The second kappa shape index (κ2) is 12.4. The Balaban J connectivity index is 0.000000367. The Morgan fingerprint density at radius 1 is 1.16 bits per heavy atom. The average Bonchev–Trinajstić information content (AvgIpc) is 3.05. The van der Waals surface area contributed by atoms with Crippen LogP contribution < -0.4 is 4.57 Å². The number of ketones is 1. The Labute approximate surface area is 191 Å². The molecule has 0 fully saturated rings. The van der Waals surface area contributed by atoms with Crippen molar-refractivity contribution in [3.63, 3.8) is 0 Å². The molecular formula is C25H40NO4S+. The third-order valence-corrected chi connectivity index (χ3v) is 6.96. The van der Waals surface area contributed by atoms with E-state index >= 15 is 0 Å². The molecule has 2 aromatic rings. The molecule has 0 saturated carbocycles. The van der Waals surface area contributed by atoms with Gasteiger partial charge in [-0.25, -0.2) is 4.89 Å². The van der Waals surface area contributed by atoms with Crippen molar-refractivity contribution in [1.29, 1.82) is 0 Å². The second-order valence-corrected chi connectivity index (χ2v) is 10.1. The molecule has 0 radical (unpaired) electrons. The number of nitrogens with zero attached hydrogens (tertiary/aromatic N) is 1. The zero-order valence-corrected chi connectivity index (χ0v) is 21.2. The first kappa shape index (κ1) is 27.4. The van der Waals surface area contributed by atoms with Gasteiger partial charge in [-0.1, -0.05) is 32.1 Å². The summed E-state index contributed by atoms with van der Waals surface area (Å²) in [5.74, 6) is 0.0995. The molecule has 0 bridgehead atoms. The van der Waals surface area contributed by atoms with Crippen LogP contribution in [0.5, 0.6) is 0 Å². The van der Waals surface area contributed by atoms with Crippen LogP contribution >= 0.6 is 11.3 Å². The molecule has 0 amide bonds. The zero-order valence-electron chi connectivity index (χ0n) is 20.4. The van der Waals surface area contributed by atoms with Gasteiger partial charge in [-0.3, -0.25) is 10.1 Å². The molecule has 0 aliphatic rings. The molecule has 5 nitrogen and oxygen atoms in total. The molecule has 1 aromatic carbocycles. The van der Waals surface area contributed by atoms with Gasteiger partial charge < -0.3 is 5.11 Å². The van der Waals surface area contributed by atoms with Crippen molar-refractivity contribution >= 4 is 17.1 Å². The van der Waals surface area contributed by atoms with Crippen molar-refractivity contribution in [2.75, 3.05) is 6.61 Å². The van der Waals surface area contributed by atoms with Gasteiger partial charge in [0.15, 0.2) is 11.5 Å². The van der Waals surface area contributed by atoms with Crippen LogP contribution in [0.3, 0.4) is 0 Å². The number of thiazole rings is 1. The summed E-state index contributed by atoms with van der Waals surface area (Å²) in [6.07, 6.45) is 1.36. The van der Waals surface area contributed by atoms with Crippen molar-refractivity contribution in [2.45, 2.75) is 87.3 Å². The summed E-state index contributed by atoms with van der Waals surface area (Å²) in [6.45, 7) is 17.6. The van der Waals surface area contributed by atoms with E-state index in [1.54, 1.807) is 11.3 Å². The second-order valence-electron chi connectivity index (χ2n) is 9.15. The Bertz CT molecular complexity index is 829. The first-order chi connectivity index (χ1) is 14.5. The topological polar surface area (TPSA) is 70.6 Å². The summed E-state index contributed by atoms with van der Waals surface area (Å²) in [6, 6.07) is 3.88. The summed E-state index contributed by atoms with van der Waals surface area (Å²) >= 11 is 1.73. The first-order valence-corrected chi connectivity index (χ1v) is 11.8. The average molecular weight is 451 g/mol. The van der Waals surface area contributed by atoms with Crippen molar-refractivity contribution in [2.24, 2.45) is 5.41 Å². The van der Waals surface area contributed by atoms with Crippen molar-refractivity contribution in [3.8, 4) is 0 Å². The highest BCUT2D eigenvalue weighted by atomic mass is 32.1. The van der Waals surface area contributed by atoms with E-state index in [-0.39, 0.29) is 23.9 Å². The molecule has 31 heavy (non-hydrogen) atoms. The monoisotopic (exact) mass is 450 g/mol. The van der Waals surface area contributed by atoms with Gasteiger partial charge in [-0.05, 0) is 68.4 Å². The Kier molecular flexibility index (Phi) is 11.0. The number of hydrogen-bond acceptors (Lipinski definition) is 5. The third kappa shape index (κ3) is 8.11. The number of rotatable bonds is 8. The normalized spacial score (nSPS) is 12.3. The van der Waals surface area contributed by atoms with E-state index in [0.717, 1.165) is 29.7 Å². The van der Waals surface area contributed by atoms with Crippen LogP contribution in [0.4, 0.5) is 0 Å². The first-order valence-electron chi connectivity index (χ1n) is 10.9. The van der Waals surface area contributed by atoms with Gasteiger partial charge in [-0.15, -0.1) is 0 Å². The van der Waals surface area contributed by atoms with Crippen molar-refractivity contribution in [1.82, 2.24) is 0 Å². The predicted molar refractivity (Wildman–Crippen MR) is 127 cm³/mol. The zero-order chi connectivity index (χ0) is 23.8. The smallest absolute Gasteiger partial charge is 0.225 e. The Hall–Kier alpha value is -1.60.